The van der Waals surface area contributed by atoms with Gasteiger partial charge in [-0.25, -0.2) is 0 Å². The van der Waals surface area contributed by atoms with Gasteiger partial charge in [0.15, 0.2) is 0 Å². The summed E-state index contributed by atoms with van der Waals surface area (Å²) in [4.78, 5) is 24.6. The second kappa shape index (κ2) is 73.3. The first-order valence-corrected chi connectivity index (χ1v) is 37.9. The van der Waals surface area contributed by atoms with Crippen LogP contribution < -0.4 is 5.32 Å². The highest BCUT2D eigenvalue weighted by Gasteiger charge is 2.18. The van der Waals surface area contributed by atoms with E-state index in [9.17, 15) is 19.8 Å². The summed E-state index contributed by atoms with van der Waals surface area (Å²) in [6, 6.07) is -0.631. The van der Waals surface area contributed by atoms with Crippen molar-refractivity contribution in [2.45, 2.75) is 424 Å². The van der Waals surface area contributed by atoms with E-state index in [0.717, 1.165) is 51.4 Å². The summed E-state index contributed by atoms with van der Waals surface area (Å²) in [6.07, 6.45) is 96.3. The number of aliphatic hydroxyl groups is 2. The molecule has 2 atom stereocenters. The fraction of sp³-hybridized carbons (Fsp3) is 0.872. The molecule has 0 aliphatic carbocycles. The smallest absolute Gasteiger partial charge is 0.305 e. The van der Waals surface area contributed by atoms with Crippen molar-refractivity contribution in [1.82, 2.24) is 5.32 Å². The molecule has 6 nitrogen and oxygen atoms in total. The number of ether oxygens (including phenoxy) is 1. The number of hydrogen-bond acceptors (Lipinski definition) is 5. The van der Waals surface area contributed by atoms with E-state index in [4.69, 9.17) is 4.74 Å². The van der Waals surface area contributed by atoms with E-state index in [1.165, 1.54) is 334 Å². The molecule has 0 spiro atoms. The Morgan fingerprint density at radius 2 is 0.595 bits per heavy atom. The average Bonchev–Trinajstić information content (AvgIpc) is 3.51. The minimum Gasteiger partial charge on any atom is -0.466 e. The van der Waals surface area contributed by atoms with Gasteiger partial charge in [0.2, 0.25) is 5.91 Å². The molecule has 0 aliphatic rings. The quantitative estimate of drug-likeness (QED) is 0.0320. The predicted octanol–water partition coefficient (Wildman–Crippen LogP) is 24.8. The zero-order valence-corrected chi connectivity index (χ0v) is 56.6. The molecule has 0 saturated carbocycles. The second-order valence-corrected chi connectivity index (χ2v) is 26.0. The van der Waals surface area contributed by atoms with Crippen LogP contribution in [0.15, 0.2) is 48.6 Å². The van der Waals surface area contributed by atoms with E-state index >= 15 is 0 Å². The van der Waals surface area contributed by atoms with Crippen LogP contribution in [0.5, 0.6) is 0 Å². The summed E-state index contributed by atoms with van der Waals surface area (Å²) >= 11 is 0. The molecule has 0 heterocycles. The maximum atomic E-state index is 12.5. The Hall–Kier alpha value is -2.18. The van der Waals surface area contributed by atoms with Crippen molar-refractivity contribution in [1.29, 1.82) is 0 Å². The van der Waals surface area contributed by atoms with E-state index in [1.54, 1.807) is 6.08 Å². The Morgan fingerprint density at radius 3 is 0.929 bits per heavy atom. The minimum absolute atomic E-state index is 0.00783. The zero-order chi connectivity index (χ0) is 60.6. The summed E-state index contributed by atoms with van der Waals surface area (Å²) in [5, 5.41) is 23.3. The van der Waals surface area contributed by atoms with Gasteiger partial charge < -0.3 is 20.3 Å². The Kier molecular flexibility index (Phi) is 71.4. The van der Waals surface area contributed by atoms with Crippen LogP contribution >= 0.6 is 0 Å². The standard InChI is InChI=1S/C78H147NO5/c1-3-5-7-9-11-13-15-17-19-21-23-24-32-35-38-42-46-50-54-58-62-66-70-76(81)75(74-80)79-77(82)71-67-63-59-55-51-47-43-39-36-33-30-28-26-25-27-29-31-34-37-41-45-49-53-57-61-65-69-73-84-78(83)72-68-64-60-56-52-48-44-40-22-20-18-16-14-12-10-8-6-4-2/h14,16,20,22,25-26,66,70,75-76,80-81H,3-13,15,17-19,21,23-24,27-65,67-69,71-74H2,1-2H3,(H,79,82)/b16-14-,22-20-,26-25-,70-66+. The number of esters is 1. The normalized spacial score (nSPS) is 12.8. The van der Waals surface area contributed by atoms with E-state index in [0.29, 0.717) is 19.4 Å². The van der Waals surface area contributed by atoms with Crippen LogP contribution in [0.25, 0.3) is 0 Å². The first kappa shape index (κ1) is 81.8. The van der Waals surface area contributed by atoms with Gasteiger partial charge >= 0.3 is 5.97 Å². The van der Waals surface area contributed by atoms with Crippen molar-refractivity contribution in [3.8, 4) is 0 Å². The van der Waals surface area contributed by atoms with Crippen molar-refractivity contribution in [3.05, 3.63) is 48.6 Å². The van der Waals surface area contributed by atoms with Crippen LogP contribution in [0.3, 0.4) is 0 Å². The lowest BCUT2D eigenvalue weighted by Crippen LogP contribution is -2.45. The lowest BCUT2D eigenvalue weighted by molar-refractivity contribution is -0.143. The Bertz CT molecular complexity index is 1400. The zero-order valence-electron chi connectivity index (χ0n) is 56.6. The molecule has 0 rings (SSSR count). The largest absolute Gasteiger partial charge is 0.466 e. The van der Waals surface area contributed by atoms with Gasteiger partial charge in [0.25, 0.3) is 0 Å². The van der Waals surface area contributed by atoms with Crippen LogP contribution in [-0.2, 0) is 14.3 Å². The second-order valence-electron chi connectivity index (χ2n) is 26.0. The third kappa shape index (κ3) is 68.9. The number of rotatable bonds is 71. The number of amides is 1. The molecule has 0 aromatic heterocycles. The third-order valence-electron chi connectivity index (χ3n) is 17.6. The molecule has 0 radical (unpaired) electrons. The number of hydrogen-bond donors (Lipinski definition) is 3. The van der Waals surface area contributed by atoms with Crippen LogP contribution in [0.2, 0.25) is 0 Å². The van der Waals surface area contributed by atoms with E-state index in [2.05, 4.69) is 55.6 Å². The SMILES string of the molecule is CCCCCC/C=C\C/C=C\CCCCCCCCCC(=O)OCCCCCCCCCCCCCC/C=C\CCCCCCCCCCCCCC(=O)NC(CO)C(O)/C=C/CCCCCCCCCCCCCCCCCCCCCC. The summed E-state index contributed by atoms with van der Waals surface area (Å²) < 4.78 is 5.50. The molecule has 2 unspecified atom stereocenters. The Morgan fingerprint density at radius 1 is 0.333 bits per heavy atom. The highest BCUT2D eigenvalue weighted by molar-refractivity contribution is 5.76. The Balaban J connectivity index is 3.41. The number of unbranched alkanes of at least 4 members (excludes halogenated alkanes) is 54. The molecular weight excluding hydrogens is 1030 g/mol. The summed E-state index contributed by atoms with van der Waals surface area (Å²) in [7, 11) is 0. The van der Waals surface area contributed by atoms with Crippen molar-refractivity contribution in [2.24, 2.45) is 0 Å². The van der Waals surface area contributed by atoms with Crippen LogP contribution in [0.1, 0.15) is 412 Å². The molecule has 0 saturated heterocycles. The van der Waals surface area contributed by atoms with Crippen LogP contribution in [-0.4, -0.2) is 47.4 Å². The fourth-order valence-corrected chi connectivity index (χ4v) is 11.8. The van der Waals surface area contributed by atoms with Gasteiger partial charge in [-0.15, -0.1) is 0 Å². The molecule has 3 N–H and O–H groups in total. The van der Waals surface area contributed by atoms with Crippen LogP contribution in [0.4, 0.5) is 0 Å². The lowest BCUT2D eigenvalue weighted by Gasteiger charge is -2.20. The van der Waals surface area contributed by atoms with Crippen molar-refractivity contribution in [3.63, 3.8) is 0 Å². The first-order valence-electron chi connectivity index (χ1n) is 37.9. The molecular formula is C78H147NO5. The van der Waals surface area contributed by atoms with E-state index in [-0.39, 0.29) is 18.5 Å². The van der Waals surface area contributed by atoms with Gasteiger partial charge in [-0.05, 0) is 89.9 Å². The van der Waals surface area contributed by atoms with Crippen molar-refractivity contribution >= 4 is 11.9 Å². The topological polar surface area (TPSA) is 95.9 Å². The molecule has 0 aromatic carbocycles. The molecule has 0 fully saturated rings. The third-order valence-corrected chi connectivity index (χ3v) is 17.6. The maximum Gasteiger partial charge on any atom is 0.305 e. The number of aliphatic hydroxyl groups excluding tert-OH is 2. The number of nitrogens with one attached hydrogen (secondary N) is 1. The molecule has 1 amide bonds. The minimum atomic E-state index is -0.847. The summed E-state index contributed by atoms with van der Waals surface area (Å²) in [6.45, 7) is 4.92. The number of allylic oxidation sites excluding steroid dienone is 7. The molecule has 6 heteroatoms. The van der Waals surface area contributed by atoms with Gasteiger partial charge in [0, 0.05) is 12.8 Å². The number of carbonyl (C=O) groups is 2. The van der Waals surface area contributed by atoms with Gasteiger partial charge in [-0.2, -0.15) is 0 Å². The van der Waals surface area contributed by atoms with Crippen molar-refractivity contribution < 1.29 is 24.5 Å². The summed E-state index contributed by atoms with van der Waals surface area (Å²) in [5.74, 6) is -0.0573. The maximum absolute atomic E-state index is 12.5. The van der Waals surface area contributed by atoms with Crippen LogP contribution in [0, 0.1) is 0 Å². The van der Waals surface area contributed by atoms with E-state index < -0.39 is 12.1 Å². The predicted molar refractivity (Wildman–Crippen MR) is 370 cm³/mol. The van der Waals surface area contributed by atoms with Gasteiger partial charge in [-0.3, -0.25) is 9.59 Å². The fourth-order valence-electron chi connectivity index (χ4n) is 11.8. The average molecular weight is 1180 g/mol. The van der Waals surface area contributed by atoms with E-state index in [1.807, 2.05) is 6.08 Å². The first-order chi connectivity index (χ1) is 41.5. The highest BCUT2D eigenvalue weighted by atomic mass is 16.5. The van der Waals surface area contributed by atoms with Crippen molar-refractivity contribution in [2.75, 3.05) is 13.2 Å². The summed E-state index contributed by atoms with van der Waals surface area (Å²) in [5.41, 5.74) is 0. The Labute approximate surface area is 525 Å². The highest BCUT2D eigenvalue weighted by Crippen LogP contribution is 2.19. The molecule has 84 heavy (non-hydrogen) atoms. The number of carbonyl (C=O) groups excluding carboxylic acids is 2. The molecule has 0 bridgehead atoms. The molecule has 494 valence electrons. The van der Waals surface area contributed by atoms with Gasteiger partial charge in [0.1, 0.15) is 0 Å². The lowest BCUT2D eigenvalue weighted by atomic mass is 10.0. The molecule has 0 aromatic rings. The van der Waals surface area contributed by atoms with Gasteiger partial charge in [-0.1, -0.05) is 358 Å². The molecule has 0 aliphatic heterocycles. The monoisotopic (exact) mass is 1180 g/mol. The van der Waals surface area contributed by atoms with Gasteiger partial charge in [0.05, 0.1) is 25.4 Å².